The molecule has 1 aromatic carbocycles. The molecular weight excluding hydrogens is 328 g/mol. The molecule has 1 atom stereocenters. The lowest BCUT2D eigenvalue weighted by Crippen LogP contribution is -2.19. The summed E-state index contributed by atoms with van der Waals surface area (Å²) in [5.41, 5.74) is 1.65. The number of carbonyl (C=O) groups is 1. The molecule has 128 valence electrons. The maximum atomic E-state index is 12.5. The first-order valence-corrected chi connectivity index (χ1v) is 8.07. The number of nitrogens with zero attached hydrogens (tertiary/aromatic N) is 2. The Labute approximate surface area is 146 Å². The minimum Gasteiger partial charge on any atom is -0.495 e. The minimum atomic E-state index is -0.343. The minimum absolute atomic E-state index is 0.224. The second kappa shape index (κ2) is 7.97. The van der Waals surface area contributed by atoms with Crippen molar-refractivity contribution in [2.45, 2.75) is 33.2 Å². The first-order chi connectivity index (χ1) is 11.4. The lowest BCUT2D eigenvalue weighted by Gasteiger charge is -2.13. The molecule has 2 N–H and O–H groups in total. The van der Waals surface area contributed by atoms with Gasteiger partial charge in [0.05, 0.1) is 12.8 Å². The zero-order valence-electron chi connectivity index (χ0n) is 14.2. The number of halogens is 1. The van der Waals surface area contributed by atoms with Gasteiger partial charge in [-0.1, -0.05) is 18.5 Å². The van der Waals surface area contributed by atoms with Crippen molar-refractivity contribution in [3.05, 3.63) is 40.7 Å². The average Bonchev–Trinajstić information content (AvgIpc) is 2.58. The third kappa shape index (κ3) is 4.35. The molecule has 0 bridgehead atoms. The van der Waals surface area contributed by atoms with Crippen molar-refractivity contribution in [3.8, 4) is 5.75 Å². The van der Waals surface area contributed by atoms with Gasteiger partial charge in [0.1, 0.15) is 11.4 Å². The van der Waals surface area contributed by atoms with Crippen molar-refractivity contribution in [3.63, 3.8) is 0 Å². The molecule has 1 unspecified atom stereocenters. The number of rotatable bonds is 6. The van der Waals surface area contributed by atoms with E-state index in [-0.39, 0.29) is 17.6 Å². The second-order valence-electron chi connectivity index (χ2n) is 5.47. The molecule has 0 spiro atoms. The molecule has 1 aromatic heterocycles. The summed E-state index contributed by atoms with van der Waals surface area (Å²) in [6, 6.07) is 5.22. The van der Waals surface area contributed by atoms with Gasteiger partial charge in [-0.05, 0) is 38.0 Å². The monoisotopic (exact) mass is 348 g/mol. The van der Waals surface area contributed by atoms with E-state index < -0.39 is 0 Å². The number of nitrogens with one attached hydrogen (secondary N) is 2. The van der Waals surface area contributed by atoms with E-state index in [1.807, 2.05) is 13.8 Å². The second-order valence-corrected chi connectivity index (χ2v) is 5.88. The number of aromatic nitrogens is 2. The van der Waals surface area contributed by atoms with E-state index in [0.717, 1.165) is 12.0 Å². The van der Waals surface area contributed by atoms with Crippen LogP contribution < -0.4 is 15.4 Å². The van der Waals surface area contributed by atoms with Crippen molar-refractivity contribution in [2.24, 2.45) is 0 Å². The molecule has 24 heavy (non-hydrogen) atoms. The predicted octanol–water partition coefficient (Wildman–Crippen LogP) is 3.91. The molecular formula is C17H21ClN4O2. The number of ether oxygens (including phenoxy) is 1. The van der Waals surface area contributed by atoms with Crippen LogP contribution in [0.15, 0.2) is 24.4 Å². The molecule has 0 saturated heterocycles. The number of aryl methyl sites for hydroxylation is 1. The Bertz CT molecular complexity index is 737. The summed E-state index contributed by atoms with van der Waals surface area (Å²) in [4.78, 5) is 20.9. The number of methoxy groups -OCH3 is 1. The summed E-state index contributed by atoms with van der Waals surface area (Å²) in [7, 11) is 1.52. The quantitative estimate of drug-likeness (QED) is 0.827. The fourth-order valence-corrected chi connectivity index (χ4v) is 2.15. The lowest BCUT2D eigenvalue weighted by molar-refractivity contribution is 0.102. The molecule has 0 radical (unpaired) electrons. The fourth-order valence-electron chi connectivity index (χ4n) is 1.99. The third-order valence-corrected chi connectivity index (χ3v) is 4.01. The number of carbonyl (C=O) groups excluding carboxylic acids is 1. The van der Waals surface area contributed by atoms with Crippen molar-refractivity contribution in [1.82, 2.24) is 9.97 Å². The van der Waals surface area contributed by atoms with E-state index in [4.69, 9.17) is 16.3 Å². The Morgan fingerprint density at radius 3 is 2.83 bits per heavy atom. The van der Waals surface area contributed by atoms with E-state index in [2.05, 4.69) is 27.5 Å². The van der Waals surface area contributed by atoms with Crippen LogP contribution in [0.4, 0.5) is 11.6 Å². The number of anilines is 2. The van der Waals surface area contributed by atoms with Gasteiger partial charge in [-0.3, -0.25) is 4.79 Å². The van der Waals surface area contributed by atoms with Crippen molar-refractivity contribution in [1.29, 1.82) is 0 Å². The molecule has 7 heteroatoms. The normalized spacial score (nSPS) is 11.7. The Morgan fingerprint density at radius 1 is 1.42 bits per heavy atom. The van der Waals surface area contributed by atoms with Crippen LogP contribution in [0.25, 0.3) is 0 Å². The number of amides is 1. The van der Waals surface area contributed by atoms with Gasteiger partial charge in [0.2, 0.25) is 5.95 Å². The largest absolute Gasteiger partial charge is 0.495 e. The molecule has 2 aromatic rings. The smallest absolute Gasteiger partial charge is 0.274 e. The molecule has 0 aliphatic carbocycles. The van der Waals surface area contributed by atoms with Crippen LogP contribution in [0.3, 0.4) is 0 Å². The number of hydrogen-bond acceptors (Lipinski definition) is 5. The van der Waals surface area contributed by atoms with Crippen LogP contribution in [0, 0.1) is 6.92 Å². The summed E-state index contributed by atoms with van der Waals surface area (Å²) < 4.78 is 5.26. The van der Waals surface area contributed by atoms with Crippen molar-refractivity contribution in [2.75, 3.05) is 17.7 Å². The molecule has 0 aliphatic heterocycles. The van der Waals surface area contributed by atoms with E-state index in [9.17, 15) is 4.79 Å². The lowest BCUT2D eigenvalue weighted by atomic mass is 10.2. The standard InChI is InChI=1S/C17H21ClN4O2/c1-5-11(3)20-17-19-7-6-13(22-17)16(23)21-14-8-10(2)12(18)9-15(14)24-4/h6-9,11H,5H2,1-4H3,(H,21,23)(H,19,20,22). The number of benzene rings is 1. The number of hydrogen-bond donors (Lipinski definition) is 2. The zero-order valence-corrected chi connectivity index (χ0v) is 14.9. The fraction of sp³-hybridized carbons (Fsp3) is 0.353. The highest BCUT2D eigenvalue weighted by molar-refractivity contribution is 6.31. The van der Waals surface area contributed by atoms with Crippen LogP contribution in [0.2, 0.25) is 5.02 Å². The zero-order chi connectivity index (χ0) is 17.7. The van der Waals surface area contributed by atoms with Crippen LogP contribution in [-0.4, -0.2) is 29.0 Å². The summed E-state index contributed by atoms with van der Waals surface area (Å²) in [5, 5.41) is 6.52. The van der Waals surface area contributed by atoms with Gasteiger partial charge >= 0.3 is 0 Å². The Kier molecular flexibility index (Phi) is 5.98. The van der Waals surface area contributed by atoms with E-state index in [0.29, 0.717) is 22.4 Å². The molecule has 1 heterocycles. The summed E-state index contributed by atoms with van der Waals surface area (Å²) in [5.74, 6) is 0.576. The Hall–Kier alpha value is -2.34. The Balaban J connectivity index is 2.21. The van der Waals surface area contributed by atoms with Crippen molar-refractivity contribution < 1.29 is 9.53 Å². The van der Waals surface area contributed by atoms with Gasteiger partial charge in [-0.15, -0.1) is 0 Å². The van der Waals surface area contributed by atoms with Crippen LogP contribution >= 0.6 is 11.6 Å². The highest BCUT2D eigenvalue weighted by Crippen LogP contribution is 2.31. The van der Waals surface area contributed by atoms with Gasteiger partial charge in [0, 0.05) is 23.3 Å². The van der Waals surface area contributed by atoms with Gasteiger partial charge in [0.25, 0.3) is 5.91 Å². The first kappa shape index (κ1) is 18.0. The predicted molar refractivity (Wildman–Crippen MR) is 96.1 cm³/mol. The van der Waals surface area contributed by atoms with Crippen LogP contribution in [-0.2, 0) is 0 Å². The van der Waals surface area contributed by atoms with E-state index in [1.54, 1.807) is 24.4 Å². The van der Waals surface area contributed by atoms with Crippen LogP contribution in [0.1, 0.15) is 36.3 Å². The SMILES string of the molecule is CCC(C)Nc1nccc(C(=O)Nc2cc(C)c(Cl)cc2OC)n1. The summed E-state index contributed by atoms with van der Waals surface area (Å²) >= 11 is 6.08. The average molecular weight is 349 g/mol. The summed E-state index contributed by atoms with van der Waals surface area (Å²) in [6.07, 6.45) is 2.48. The third-order valence-electron chi connectivity index (χ3n) is 3.61. The highest BCUT2D eigenvalue weighted by atomic mass is 35.5. The molecule has 0 fully saturated rings. The van der Waals surface area contributed by atoms with Crippen molar-refractivity contribution >= 4 is 29.1 Å². The Morgan fingerprint density at radius 2 is 2.17 bits per heavy atom. The maximum Gasteiger partial charge on any atom is 0.274 e. The van der Waals surface area contributed by atoms with Crippen LogP contribution in [0.5, 0.6) is 5.75 Å². The molecule has 6 nitrogen and oxygen atoms in total. The van der Waals surface area contributed by atoms with E-state index >= 15 is 0 Å². The first-order valence-electron chi connectivity index (χ1n) is 7.69. The van der Waals surface area contributed by atoms with Gasteiger partial charge in [0.15, 0.2) is 0 Å². The van der Waals surface area contributed by atoms with Gasteiger partial charge in [-0.25, -0.2) is 9.97 Å². The topological polar surface area (TPSA) is 76.1 Å². The molecule has 2 rings (SSSR count). The molecule has 0 saturated carbocycles. The van der Waals surface area contributed by atoms with Gasteiger partial charge in [-0.2, -0.15) is 0 Å². The maximum absolute atomic E-state index is 12.5. The molecule has 0 aliphatic rings. The van der Waals surface area contributed by atoms with Gasteiger partial charge < -0.3 is 15.4 Å². The highest BCUT2D eigenvalue weighted by Gasteiger charge is 2.14. The molecule has 1 amide bonds. The summed E-state index contributed by atoms with van der Waals surface area (Å²) in [6.45, 7) is 5.94. The van der Waals surface area contributed by atoms with E-state index in [1.165, 1.54) is 7.11 Å².